The van der Waals surface area contributed by atoms with Gasteiger partial charge >= 0.3 is 5.97 Å². The molecule has 6 heteroatoms. The maximum absolute atomic E-state index is 14.7. The molecule has 3 nitrogen and oxygen atoms in total. The van der Waals surface area contributed by atoms with Crippen LogP contribution in [0.3, 0.4) is 0 Å². The maximum atomic E-state index is 14.7. The zero-order valence-corrected chi connectivity index (χ0v) is 21.4. The van der Waals surface area contributed by atoms with Crippen LogP contribution in [-0.4, -0.2) is 12.6 Å². The van der Waals surface area contributed by atoms with Crippen molar-refractivity contribution >= 4 is 5.97 Å². The fourth-order valence-electron chi connectivity index (χ4n) is 4.03. The van der Waals surface area contributed by atoms with Crippen LogP contribution in [0.5, 0.6) is 11.5 Å². The molecule has 0 heterocycles. The van der Waals surface area contributed by atoms with E-state index in [1.807, 2.05) is 6.92 Å². The van der Waals surface area contributed by atoms with Crippen molar-refractivity contribution in [2.24, 2.45) is 0 Å². The van der Waals surface area contributed by atoms with E-state index in [2.05, 4.69) is 6.92 Å². The highest BCUT2D eigenvalue weighted by Gasteiger charge is 2.19. The summed E-state index contributed by atoms with van der Waals surface area (Å²) in [5.41, 5.74) is 3.02. The van der Waals surface area contributed by atoms with Crippen LogP contribution in [0.25, 0.3) is 22.3 Å². The van der Waals surface area contributed by atoms with Crippen molar-refractivity contribution in [3.63, 3.8) is 0 Å². The first-order valence-corrected chi connectivity index (χ1v) is 12.7. The topological polar surface area (TPSA) is 35.5 Å². The van der Waals surface area contributed by atoms with E-state index in [9.17, 15) is 18.0 Å². The average Bonchev–Trinajstić information content (AvgIpc) is 2.93. The zero-order valence-electron chi connectivity index (χ0n) is 21.4. The molecular formula is C32H29F3O3. The van der Waals surface area contributed by atoms with E-state index in [1.54, 1.807) is 48.5 Å². The van der Waals surface area contributed by atoms with Gasteiger partial charge in [0, 0.05) is 5.56 Å². The standard InChI is InChI=1S/C32H29F3O3/c1-3-4-5-6-19-37-28-17-15-25(20-27(28)33)22-11-13-24(14-12-22)32(36)38-29-18-16-26(30(34)31(29)35)23-9-7-21(2)8-10-23/h7-18,20H,3-6,19H2,1-2H3. The summed E-state index contributed by atoms with van der Waals surface area (Å²) >= 11 is 0. The molecule has 0 fully saturated rings. The van der Waals surface area contributed by atoms with Gasteiger partial charge in [-0.05, 0) is 66.4 Å². The average molecular weight is 519 g/mol. The minimum atomic E-state index is -1.24. The maximum Gasteiger partial charge on any atom is 0.343 e. The van der Waals surface area contributed by atoms with E-state index in [4.69, 9.17) is 9.47 Å². The van der Waals surface area contributed by atoms with Crippen molar-refractivity contribution in [3.8, 4) is 33.8 Å². The van der Waals surface area contributed by atoms with Gasteiger partial charge in [-0.25, -0.2) is 13.6 Å². The minimum Gasteiger partial charge on any atom is -0.491 e. The van der Waals surface area contributed by atoms with Crippen molar-refractivity contribution in [1.82, 2.24) is 0 Å². The van der Waals surface area contributed by atoms with E-state index in [1.165, 1.54) is 30.3 Å². The van der Waals surface area contributed by atoms with Gasteiger partial charge < -0.3 is 9.47 Å². The second-order valence-electron chi connectivity index (χ2n) is 9.13. The third-order valence-electron chi connectivity index (χ3n) is 6.25. The molecule has 0 radical (unpaired) electrons. The summed E-state index contributed by atoms with van der Waals surface area (Å²) in [6, 6.07) is 20.6. The lowest BCUT2D eigenvalue weighted by Crippen LogP contribution is -2.10. The summed E-state index contributed by atoms with van der Waals surface area (Å²) in [4.78, 5) is 12.6. The molecule has 0 bridgehead atoms. The summed E-state index contributed by atoms with van der Waals surface area (Å²) in [5.74, 6) is -3.93. The number of unbranched alkanes of at least 4 members (excludes halogenated alkanes) is 3. The molecule has 0 atom stereocenters. The van der Waals surface area contributed by atoms with Gasteiger partial charge in [0.05, 0.1) is 12.2 Å². The Labute approximate surface area is 220 Å². The van der Waals surface area contributed by atoms with Gasteiger partial charge in [0.15, 0.2) is 23.1 Å². The molecule has 0 N–H and O–H groups in total. The molecule has 0 aliphatic heterocycles. The molecule has 4 rings (SSSR count). The lowest BCUT2D eigenvalue weighted by atomic mass is 10.0. The van der Waals surface area contributed by atoms with Crippen molar-refractivity contribution in [3.05, 3.63) is 107 Å². The van der Waals surface area contributed by atoms with Crippen molar-refractivity contribution in [2.75, 3.05) is 6.61 Å². The summed E-state index contributed by atoms with van der Waals surface area (Å²) in [5, 5.41) is 0. The van der Waals surface area contributed by atoms with Crippen LogP contribution < -0.4 is 9.47 Å². The fourth-order valence-corrected chi connectivity index (χ4v) is 4.03. The number of carbonyl (C=O) groups is 1. The first kappa shape index (κ1) is 27.0. The number of ether oxygens (including phenoxy) is 2. The van der Waals surface area contributed by atoms with E-state index >= 15 is 0 Å². The molecule has 0 saturated heterocycles. The SMILES string of the molecule is CCCCCCOc1ccc(-c2ccc(C(=O)Oc3ccc(-c4ccc(C)cc4)c(F)c3F)cc2)cc1F. The van der Waals surface area contributed by atoms with Gasteiger partial charge in [0.1, 0.15) is 0 Å². The van der Waals surface area contributed by atoms with Crippen LogP contribution in [0.1, 0.15) is 48.5 Å². The Morgan fingerprint density at radius 2 is 1.37 bits per heavy atom. The molecule has 38 heavy (non-hydrogen) atoms. The minimum absolute atomic E-state index is 0.0757. The summed E-state index contributed by atoms with van der Waals surface area (Å²) < 4.78 is 54.6. The van der Waals surface area contributed by atoms with Gasteiger partial charge in [-0.2, -0.15) is 4.39 Å². The number of hydrogen-bond acceptors (Lipinski definition) is 3. The number of rotatable bonds is 10. The van der Waals surface area contributed by atoms with Crippen molar-refractivity contribution < 1.29 is 27.4 Å². The van der Waals surface area contributed by atoms with Gasteiger partial charge in [-0.3, -0.25) is 0 Å². The third-order valence-corrected chi connectivity index (χ3v) is 6.25. The first-order chi connectivity index (χ1) is 18.4. The summed E-state index contributed by atoms with van der Waals surface area (Å²) in [6.07, 6.45) is 4.17. The Morgan fingerprint density at radius 1 is 0.711 bits per heavy atom. The smallest absolute Gasteiger partial charge is 0.343 e. The molecule has 0 amide bonds. The predicted molar refractivity (Wildman–Crippen MR) is 143 cm³/mol. The molecule has 0 spiro atoms. The number of aryl methyl sites for hydroxylation is 1. The molecule has 0 aromatic heterocycles. The number of halogens is 3. The van der Waals surface area contributed by atoms with E-state index < -0.39 is 29.2 Å². The van der Waals surface area contributed by atoms with Gasteiger partial charge in [0.25, 0.3) is 0 Å². The van der Waals surface area contributed by atoms with Crippen LogP contribution in [0, 0.1) is 24.4 Å². The van der Waals surface area contributed by atoms with Gasteiger partial charge in [-0.1, -0.05) is 74.2 Å². The Kier molecular flexibility index (Phi) is 8.85. The van der Waals surface area contributed by atoms with Crippen LogP contribution in [0.4, 0.5) is 13.2 Å². The Morgan fingerprint density at radius 3 is 2.05 bits per heavy atom. The van der Waals surface area contributed by atoms with Crippen molar-refractivity contribution in [1.29, 1.82) is 0 Å². The third kappa shape index (κ3) is 6.43. The Bertz CT molecular complexity index is 1400. The van der Waals surface area contributed by atoms with Gasteiger partial charge in [0.2, 0.25) is 5.82 Å². The molecule has 0 unspecified atom stereocenters. The molecule has 0 aliphatic carbocycles. The van der Waals surface area contributed by atoms with Crippen LogP contribution >= 0.6 is 0 Å². The Balaban J connectivity index is 1.42. The molecule has 0 saturated carbocycles. The fraction of sp³-hybridized carbons (Fsp3) is 0.219. The zero-order chi connectivity index (χ0) is 27.1. The van der Waals surface area contributed by atoms with Crippen LogP contribution in [0.15, 0.2) is 78.9 Å². The predicted octanol–water partition coefficient (Wildman–Crippen LogP) is 8.92. The largest absolute Gasteiger partial charge is 0.491 e. The molecule has 4 aromatic carbocycles. The molecular weight excluding hydrogens is 489 g/mol. The molecule has 4 aromatic rings. The number of hydrogen-bond donors (Lipinski definition) is 0. The normalized spacial score (nSPS) is 10.9. The first-order valence-electron chi connectivity index (χ1n) is 12.7. The van der Waals surface area contributed by atoms with E-state index in [0.717, 1.165) is 31.2 Å². The number of benzene rings is 4. The van der Waals surface area contributed by atoms with E-state index in [-0.39, 0.29) is 16.9 Å². The Hall–Kier alpha value is -4.06. The quantitative estimate of drug-likeness (QED) is 0.119. The summed E-state index contributed by atoms with van der Waals surface area (Å²) in [7, 11) is 0. The lowest BCUT2D eigenvalue weighted by Gasteiger charge is -2.11. The molecule has 0 aliphatic rings. The van der Waals surface area contributed by atoms with Gasteiger partial charge in [-0.15, -0.1) is 0 Å². The van der Waals surface area contributed by atoms with Crippen LogP contribution in [0.2, 0.25) is 0 Å². The second-order valence-corrected chi connectivity index (χ2v) is 9.13. The second kappa shape index (κ2) is 12.5. The monoisotopic (exact) mass is 518 g/mol. The summed E-state index contributed by atoms with van der Waals surface area (Å²) in [6.45, 7) is 4.49. The van der Waals surface area contributed by atoms with Crippen molar-refractivity contribution in [2.45, 2.75) is 39.5 Å². The molecule has 196 valence electrons. The highest BCUT2D eigenvalue weighted by Crippen LogP contribution is 2.31. The van der Waals surface area contributed by atoms with E-state index in [0.29, 0.717) is 23.3 Å². The number of carbonyl (C=O) groups excluding carboxylic acids is 1. The highest BCUT2D eigenvalue weighted by atomic mass is 19.2. The highest BCUT2D eigenvalue weighted by molar-refractivity contribution is 5.91. The van der Waals surface area contributed by atoms with Crippen LogP contribution in [-0.2, 0) is 0 Å². The number of esters is 1. The lowest BCUT2D eigenvalue weighted by molar-refractivity contribution is 0.0726.